The number of anilines is 1. The summed E-state index contributed by atoms with van der Waals surface area (Å²) in [6, 6.07) is 16.9. The zero-order chi connectivity index (χ0) is 14.1. The Morgan fingerprint density at radius 1 is 1.00 bits per heavy atom. The van der Waals surface area contributed by atoms with Crippen LogP contribution in [0.25, 0.3) is 11.6 Å². The molecule has 1 aliphatic heterocycles. The second-order valence-electron chi connectivity index (χ2n) is 5.38. The summed E-state index contributed by atoms with van der Waals surface area (Å²) >= 11 is 5.43. The van der Waals surface area contributed by atoms with Crippen LogP contribution in [0.5, 0.6) is 0 Å². The summed E-state index contributed by atoms with van der Waals surface area (Å²) in [7, 11) is 0. The van der Waals surface area contributed by atoms with Gasteiger partial charge >= 0.3 is 0 Å². The Labute approximate surface area is 125 Å². The highest BCUT2D eigenvalue weighted by Gasteiger charge is 2.19. The van der Waals surface area contributed by atoms with E-state index in [2.05, 4.69) is 61.6 Å². The second kappa shape index (κ2) is 5.22. The van der Waals surface area contributed by atoms with Gasteiger partial charge < -0.3 is 5.32 Å². The first-order chi connectivity index (χ1) is 9.65. The maximum Gasteiger partial charge on any atom is 0.111 e. The van der Waals surface area contributed by atoms with E-state index in [-0.39, 0.29) is 0 Å². The number of hydrogen-bond acceptors (Lipinski definition) is 1. The van der Waals surface area contributed by atoms with E-state index in [1.807, 2.05) is 12.1 Å². The van der Waals surface area contributed by atoms with Crippen LogP contribution in [0.3, 0.4) is 0 Å². The Bertz CT molecular complexity index is 681. The van der Waals surface area contributed by atoms with Crippen LogP contribution in [0.2, 0.25) is 0 Å². The molecular formula is C18H17NS. The van der Waals surface area contributed by atoms with Gasteiger partial charge in [-0.25, -0.2) is 0 Å². The van der Waals surface area contributed by atoms with Crippen molar-refractivity contribution >= 4 is 34.5 Å². The molecule has 0 fully saturated rings. The molecule has 0 aliphatic carbocycles. The third-order valence-corrected chi connectivity index (χ3v) is 3.95. The number of nitrogens with one attached hydrogen (secondary N) is 1. The van der Waals surface area contributed by atoms with Gasteiger partial charge in [-0.3, -0.25) is 0 Å². The van der Waals surface area contributed by atoms with Gasteiger partial charge in [-0.2, -0.15) is 0 Å². The van der Waals surface area contributed by atoms with Gasteiger partial charge in [-0.1, -0.05) is 68.5 Å². The predicted molar refractivity (Wildman–Crippen MR) is 91.1 cm³/mol. The summed E-state index contributed by atoms with van der Waals surface area (Å²) in [5.74, 6) is 0.562. The Morgan fingerprint density at radius 3 is 2.40 bits per heavy atom. The first-order valence-corrected chi connectivity index (χ1v) is 7.28. The number of fused-ring (bicyclic) bond motifs is 1. The van der Waals surface area contributed by atoms with E-state index >= 15 is 0 Å². The number of para-hydroxylation sites is 1. The van der Waals surface area contributed by atoms with Crippen molar-refractivity contribution < 1.29 is 0 Å². The number of rotatable bonds is 2. The summed E-state index contributed by atoms with van der Waals surface area (Å²) in [4.78, 5) is 0.805. The summed E-state index contributed by atoms with van der Waals surface area (Å²) in [5, 5.41) is 3.26. The molecule has 0 amide bonds. The van der Waals surface area contributed by atoms with Crippen molar-refractivity contribution in [1.82, 2.24) is 0 Å². The lowest BCUT2D eigenvalue weighted by Crippen LogP contribution is -2.00. The summed E-state index contributed by atoms with van der Waals surface area (Å²) in [6.07, 6.45) is 2.16. The average Bonchev–Trinajstić information content (AvgIpc) is 2.76. The Balaban J connectivity index is 1.98. The molecule has 0 aromatic heterocycles. The SMILES string of the molecule is CC(C)c1ccc(/C=C2\C(=S)Nc3ccccc32)cc1. The molecule has 0 spiro atoms. The minimum atomic E-state index is 0.562. The Kier molecular flexibility index (Phi) is 3.41. The summed E-state index contributed by atoms with van der Waals surface area (Å²) < 4.78 is 0. The van der Waals surface area contributed by atoms with Gasteiger partial charge in [0.15, 0.2) is 0 Å². The maximum absolute atomic E-state index is 5.43. The highest BCUT2D eigenvalue weighted by molar-refractivity contribution is 7.81. The first-order valence-electron chi connectivity index (χ1n) is 6.87. The molecule has 3 rings (SSSR count). The highest BCUT2D eigenvalue weighted by atomic mass is 32.1. The summed E-state index contributed by atoms with van der Waals surface area (Å²) in [6.45, 7) is 4.42. The smallest absolute Gasteiger partial charge is 0.111 e. The van der Waals surface area contributed by atoms with Gasteiger partial charge in [0.2, 0.25) is 0 Å². The first kappa shape index (κ1) is 13.1. The monoisotopic (exact) mass is 279 g/mol. The zero-order valence-electron chi connectivity index (χ0n) is 11.7. The van der Waals surface area contributed by atoms with Gasteiger partial charge in [-0.15, -0.1) is 0 Å². The number of benzene rings is 2. The fourth-order valence-electron chi connectivity index (χ4n) is 2.43. The zero-order valence-corrected chi connectivity index (χ0v) is 12.5. The molecule has 1 aliphatic rings. The summed E-state index contributed by atoms with van der Waals surface area (Å²) in [5.41, 5.74) is 5.94. The molecule has 20 heavy (non-hydrogen) atoms. The minimum absolute atomic E-state index is 0.562. The van der Waals surface area contributed by atoms with Crippen molar-refractivity contribution in [3.8, 4) is 0 Å². The molecule has 0 unspecified atom stereocenters. The van der Waals surface area contributed by atoms with Crippen LogP contribution < -0.4 is 5.32 Å². The van der Waals surface area contributed by atoms with Crippen molar-refractivity contribution in [3.63, 3.8) is 0 Å². The fourth-order valence-corrected chi connectivity index (χ4v) is 2.70. The van der Waals surface area contributed by atoms with Crippen LogP contribution in [0.4, 0.5) is 5.69 Å². The maximum atomic E-state index is 5.43. The van der Waals surface area contributed by atoms with Crippen molar-refractivity contribution in [2.75, 3.05) is 5.32 Å². The third-order valence-electron chi connectivity index (χ3n) is 3.62. The normalized spacial score (nSPS) is 15.6. The molecule has 1 heterocycles. The van der Waals surface area contributed by atoms with Crippen LogP contribution in [0.15, 0.2) is 48.5 Å². The van der Waals surface area contributed by atoms with E-state index in [0.29, 0.717) is 5.92 Å². The fraction of sp³-hybridized carbons (Fsp3) is 0.167. The molecular weight excluding hydrogens is 262 g/mol. The van der Waals surface area contributed by atoms with Crippen LogP contribution in [-0.4, -0.2) is 4.99 Å². The lowest BCUT2D eigenvalue weighted by atomic mass is 10.00. The lowest BCUT2D eigenvalue weighted by molar-refractivity contribution is 0.866. The largest absolute Gasteiger partial charge is 0.346 e. The Hall–Kier alpha value is -1.93. The minimum Gasteiger partial charge on any atom is -0.346 e. The second-order valence-corrected chi connectivity index (χ2v) is 5.79. The van der Waals surface area contributed by atoms with Gasteiger partial charge in [0.25, 0.3) is 0 Å². The highest BCUT2D eigenvalue weighted by Crippen LogP contribution is 2.33. The van der Waals surface area contributed by atoms with Crippen LogP contribution in [0, 0.1) is 0 Å². The molecule has 1 nitrogen and oxygen atoms in total. The predicted octanol–water partition coefficient (Wildman–Crippen LogP) is 5.10. The molecule has 100 valence electrons. The topological polar surface area (TPSA) is 12.0 Å². The molecule has 0 saturated carbocycles. The van der Waals surface area contributed by atoms with Gasteiger partial charge in [-0.05, 0) is 29.2 Å². The average molecular weight is 279 g/mol. The molecule has 2 aromatic rings. The van der Waals surface area contributed by atoms with Crippen LogP contribution in [-0.2, 0) is 0 Å². The molecule has 0 radical (unpaired) electrons. The van der Waals surface area contributed by atoms with E-state index in [1.54, 1.807) is 0 Å². The van der Waals surface area contributed by atoms with E-state index in [1.165, 1.54) is 16.7 Å². The molecule has 2 aromatic carbocycles. The third kappa shape index (κ3) is 2.39. The molecule has 0 bridgehead atoms. The van der Waals surface area contributed by atoms with Crippen molar-refractivity contribution in [3.05, 3.63) is 65.2 Å². The van der Waals surface area contributed by atoms with Gasteiger partial charge in [0.05, 0.1) is 0 Å². The van der Waals surface area contributed by atoms with Gasteiger partial charge in [0.1, 0.15) is 4.99 Å². The lowest BCUT2D eigenvalue weighted by Gasteiger charge is -2.05. The van der Waals surface area contributed by atoms with Crippen LogP contribution in [0.1, 0.15) is 36.5 Å². The van der Waals surface area contributed by atoms with Crippen molar-refractivity contribution in [2.45, 2.75) is 19.8 Å². The number of hydrogen-bond donors (Lipinski definition) is 1. The molecule has 0 atom stereocenters. The molecule has 0 saturated heterocycles. The molecule has 2 heteroatoms. The van der Waals surface area contributed by atoms with Crippen molar-refractivity contribution in [1.29, 1.82) is 0 Å². The van der Waals surface area contributed by atoms with Crippen LogP contribution >= 0.6 is 12.2 Å². The van der Waals surface area contributed by atoms with E-state index in [0.717, 1.165) is 16.2 Å². The van der Waals surface area contributed by atoms with Gasteiger partial charge in [0, 0.05) is 16.8 Å². The van der Waals surface area contributed by atoms with E-state index < -0.39 is 0 Å². The molecule has 1 N–H and O–H groups in total. The standard InChI is InChI=1S/C18H17NS/c1-12(2)14-9-7-13(8-10-14)11-16-15-5-3-4-6-17(15)19-18(16)20/h3-12H,1-2H3,(H,19,20)/b16-11-. The Morgan fingerprint density at radius 2 is 1.70 bits per heavy atom. The quantitative estimate of drug-likeness (QED) is 0.606. The van der Waals surface area contributed by atoms with E-state index in [4.69, 9.17) is 12.2 Å². The van der Waals surface area contributed by atoms with Crippen molar-refractivity contribution in [2.24, 2.45) is 0 Å². The van der Waals surface area contributed by atoms with E-state index in [9.17, 15) is 0 Å². The number of thiocarbonyl (C=S) groups is 1.